The van der Waals surface area contributed by atoms with E-state index >= 15 is 0 Å². The monoisotopic (exact) mass is 318 g/mol. The molecule has 0 bridgehead atoms. The van der Waals surface area contributed by atoms with E-state index in [1.54, 1.807) is 6.07 Å². The Hall–Kier alpha value is 0.380. The largest absolute Gasteiger partial charge is 0.387 e. The van der Waals surface area contributed by atoms with Crippen molar-refractivity contribution >= 4 is 48.7 Å². The molecule has 0 spiro atoms. The van der Waals surface area contributed by atoms with E-state index in [1.165, 1.54) is 11.3 Å². The zero-order valence-electron chi connectivity index (χ0n) is 7.20. The van der Waals surface area contributed by atoms with Crippen LogP contribution in [0.5, 0.6) is 0 Å². The van der Waals surface area contributed by atoms with Crippen LogP contribution in [0.2, 0.25) is 4.34 Å². The number of sulfone groups is 1. The van der Waals surface area contributed by atoms with Crippen LogP contribution in [0.3, 0.4) is 0 Å². The van der Waals surface area contributed by atoms with E-state index in [0.717, 1.165) is 6.26 Å². The first-order valence-electron chi connectivity index (χ1n) is 3.60. The molecular weight excluding hydrogens is 312 g/mol. The molecule has 1 aromatic heterocycles. The highest BCUT2D eigenvalue weighted by molar-refractivity contribution is 9.10. The molecule has 0 fully saturated rings. The highest BCUT2D eigenvalue weighted by atomic mass is 79.9. The standard InChI is InChI=1S/C7H8BrClO3S2/c1-14(11,12)3-5(10)6-2-4(8)7(9)13-6/h2,5,10H,3H2,1H3. The maximum Gasteiger partial charge on any atom is 0.150 e. The van der Waals surface area contributed by atoms with Gasteiger partial charge in [-0.25, -0.2) is 8.42 Å². The number of halogens is 2. The maximum atomic E-state index is 10.9. The molecule has 0 aromatic carbocycles. The third kappa shape index (κ3) is 3.51. The molecule has 80 valence electrons. The van der Waals surface area contributed by atoms with Gasteiger partial charge in [-0.05, 0) is 22.0 Å². The Bertz CT molecular complexity index is 407. The van der Waals surface area contributed by atoms with Crippen molar-refractivity contribution < 1.29 is 13.5 Å². The molecule has 1 rings (SSSR count). The zero-order chi connectivity index (χ0) is 10.9. The van der Waals surface area contributed by atoms with Gasteiger partial charge in [-0.2, -0.15) is 0 Å². The molecule has 1 aromatic rings. The van der Waals surface area contributed by atoms with Gasteiger partial charge in [0.05, 0.1) is 5.75 Å². The Labute approximate surface area is 99.8 Å². The second-order valence-electron chi connectivity index (χ2n) is 2.88. The van der Waals surface area contributed by atoms with Crippen LogP contribution >= 0.6 is 38.9 Å². The quantitative estimate of drug-likeness (QED) is 0.929. The highest BCUT2D eigenvalue weighted by Gasteiger charge is 2.17. The average molecular weight is 320 g/mol. The molecule has 0 saturated carbocycles. The Morgan fingerprint density at radius 2 is 2.29 bits per heavy atom. The molecule has 1 heterocycles. The number of thiophene rings is 1. The van der Waals surface area contributed by atoms with Gasteiger partial charge in [-0.1, -0.05) is 11.6 Å². The second-order valence-corrected chi connectivity index (χ2v) is 7.60. The molecule has 7 heteroatoms. The number of rotatable bonds is 3. The van der Waals surface area contributed by atoms with Crippen molar-refractivity contribution in [1.82, 2.24) is 0 Å². The lowest BCUT2D eigenvalue weighted by atomic mass is 10.3. The molecule has 0 radical (unpaired) electrons. The lowest BCUT2D eigenvalue weighted by molar-refractivity contribution is 0.205. The van der Waals surface area contributed by atoms with E-state index in [1.807, 2.05) is 0 Å². The summed E-state index contributed by atoms with van der Waals surface area (Å²) in [4.78, 5) is 0.548. The van der Waals surface area contributed by atoms with Gasteiger partial charge in [-0.15, -0.1) is 11.3 Å². The van der Waals surface area contributed by atoms with Gasteiger partial charge in [0.25, 0.3) is 0 Å². The number of aliphatic hydroxyl groups excluding tert-OH is 1. The number of hydrogen-bond donors (Lipinski definition) is 1. The summed E-state index contributed by atoms with van der Waals surface area (Å²) in [6, 6.07) is 1.63. The second kappa shape index (κ2) is 4.49. The highest BCUT2D eigenvalue weighted by Crippen LogP contribution is 2.35. The van der Waals surface area contributed by atoms with E-state index in [2.05, 4.69) is 15.9 Å². The predicted octanol–water partition coefficient (Wildman–Crippen LogP) is 2.24. The number of hydrogen-bond acceptors (Lipinski definition) is 4. The summed E-state index contributed by atoms with van der Waals surface area (Å²) in [5.74, 6) is -0.281. The summed E-state index contributed by atoms with van der Waals surface area (Å²) < 4.78 is 23.0. The molecule has 1 unspecified atom stereocenters. The lowest BCUT2D eigenvalue weighted by Crippen LogP contribution is -2.11. The molecule has 0 amide bonds. The van der Waals surface area contributed by atoms with Gasteiger partial charge < -0.3 is 5.11 Å². The Kier molecular flexibility index (Phi) is 3.99. The predicted molar refractivity (Wildman–Crippen MR) is 61.7 cm³/mol. The summed E-state index contributed by atoms with van der Waals surface area (Å²) in [5, 5.41) is 9.55. The summed E-state index contributed by atoms with van der Waals surface area (Å²) in [6.07, 6.45) is 0.0827. The normalized spacial score (nSPS) is 14.3. The van der Waals surface area contributed by atoms with E-state index in [9.17, 15) is 13.5 Å². The minimum absolute atomic E-state index is 0.281. The minimum atomic E-state index is -3.18. The van der Waals surface area contributed by atoms with E-state index in [4.69, 9.17) is 11.6 Å². The molecule has 14 heavy (non-hydrogen) atoms. The fourth-order valence-electron chi connectivity index (χ4n) is 0.896. The van der Waals surface area contributed by atoms with Crippen LogP contribution in [-0.2, 0) is 9.84 Å². The Balaban J connectivity index is 2.85. The fourth-order valence-corrected chi connectivity index (χ4v) is 3.48. The van der Waals surface area contributed by atoms with Crippen LogP contribution < -0.4 is 0 Å². The van der Waals surface area contributed by atoms with Crippen molar-refractivity contribution in [3.8, 4) is 0 Å². The third-order valence-electron chi connectivity index (χ3n) is 1.45. The zero-order valence-corrected chi connectivity index (χ0v) is 11.2. The van der Waals surface area contributed by atoms with Crippen LogP contribution in [-0.4, -0.2) is 25.5 Å². The van der Waals surface area contributed by atoms with Crippen LogP contribution in [0.1, 0.15) is 11.0 Å². The summed E-state index contributed by atoms with van der Waals surface area (Å²) in [6.45, 7) is 0. The lowest BCUT2D eigenvalue weighted by Gasteiger charge is -2.05. The van der Waals surface area contributed by atoms with Crippen molar-refractivity contribution in [2.24, 2.45) is 0 Å². The summed E-state index contributed by atoms with van der Waals surface area (Å²) >= 11 is 10.1. The summed E-state index contributed by atoms with van der Waals surface area (Å²) in [7, 11) is -3.18. The fraction of sp³-hybridized carbons (Fsp3) is 0.429. The molecule has 3 nitrogen and oxygen atoms in total. The van der Waals surface area contributed by atoms with E-state index in [-0.39, 0.29) is 5.75 Å². The molecule has 0 aliphatic heterocycles. The van der Waals surface area contributed by atoms with Crippen LogP contribution in [0.4, 0.5) is 0 Å². The van der Waals surface area contributed by atoms with Crippen molar-refractivity contribution in [3.63, 3.8) is 0 Å². The van der Waals surface area contributed by atoms with Crippen molar-refractivity contribution in [3.05, 3.63) is 19.8 Å². The van der Waals surface area contributed by atoms with Crippen LogP contribution in [0.15, 0.2) is 10.5 Å². The average Bonchev–Trinajstić information content (AvgIpc) is 2.28. The first-order chi connectivity index (χ1) is 6.29. The first-order valence-corrected chi connectivity index (χ1v) is 7.65. The van der Waals surface area contributed by atoms with Gasteiger partial charge in [0.15, 0.2) is 0 Å². The molecule has 0 saturated heterocycles. The first kappa shape index (κ1) is 12.4. The van der Waals surface area contributed by atoms with Crippen LogP contribution in [0, 0.1) is 0 Å². The van der Waals surface area contributed by atoms with Crippen molar-refractivity contribution in [2.75, 3.05) is 12.0 Å². The van der Waals surface area contributed by atoms with Crippen LogP contribution in [0.25, 0.3) is 0 Å². The van der Waals surface area contributed by atoms with Crippen molar-refractivity contribution in [2.45, 2.75) is 6.10 Å². The molecule has 1 atom stereocenters. The van der Waals surface area contributed by atoms with Gasteiger partial charge in [0, 0.05) is 15.6 Å². The molecule has 0 aliphatic carbocycles. The van der Waals surface area contributed by atoms with Gasteiger partial charge in [0.1, 0.15) is 20.3 Å². The molecule has 0 aliphatic rings. The van der Waals surface area contributed by atoms with E-state index < -0.39 is 15.9 Å². The molecular formula is C7H8BrClO3S2. The minimum Gasteiger partial charge on any atom is -0.387 e. The Morgan fingerprint density at radius 3 is 2.64 bits per heavy atom. The van der Waals surface area contributed by atoms with Crippen molar-refractivity contribution in [1.29, 1.82) is 0 Å². The smallest absolute Gasteiger partial charge is 0.150 e. The summed E-state index contributed by atoms with van der Waals surface area (Å²) in [5.41, 5.74) is 0. The number of aliphatic hydroxyl groups is 1. The van der Waals surface area contributed by atoms with Gasteiger partial charge in [-0.3, -0.25) is 0 Å². The topological polar surface area (TPSA) is 54.4 Å². The third-order valence-corrected chi connectivity index (χ3v) is 4.95. The van der Waals surface area contributed by atoms with Gasteiger partial charge in [0.2, 0.25) is 0 Å². The maximum absolute atomic E-state index is 10.9. The Morgan fingerprint density at radius 1 is 1.71 bits per heavy atom. The van der Waals surface area contributed by atoms with Gasteiger partial charge >= 0.3 is 0 Å². The SMILES string of the molecule is CS(=O)(=O)CC(O)c1cc(Br)c(Cl)s1. The molecule has 1 N–H and O–H groups in total. The van der Waals surface area contributed by atoms with E-state index in [0.29, 0.717) is 13.7 Å².